The van der Waals surface area contributed by atoms with E-state index in [0.29, 0.717) is 12.1 Å². The number of aromatic nitrogens is 2. The molecule has 0 radical (unpaired) electrons. The molecule has 1 fully saturated rings. The predicted molar refractivity (Wildman–Crippen MR) is 104 cm³/mol. The Bertz CT molecular complexity index is 827. The van der Waals surface area contributed by atoms with E-state index in [0.717, 1.165) is 4.90 Å². The third-order valence-corrected chi connectivity index (χ3v) is 4.89. The van der Waals surface area contributed by atoms with Gasteiger partial charge in [-0.15, -0.1) is 0 Å². The van der Waals surface area contributed by atoms with Gasteiger partial charge in [0.2, 0.25) is 17.7 Å². The number of carboxylic acid groups (broad SMARTS) is 2. The van der Waals surface area contributed by atoms with E-state index in [2.05, 4.69) is 20.6 Å². The molecule has 0 aromatic carbocycles. The smallest absolute Gasteiger partial charge is 0.325 e. The summed E-state index contributed by atoms with van der Waals surface area (Å²) in [6.45, 7) is 1.46. The number of imidazole rings is 1. The SMILES string of the molecule is CC(NC(=O)C1CCCN1C(=O)C(CC(=O)O)NC(=O)C(N)Cc1cnc[nH]1)C(=O)O. The van der Waals surface area contributed by atoms with Crippen molar-refractivity contribution in [1.82, 2.24) is 25.5 Å². The predicted octanol–water partition coefficient (Wildman–Crippen LogP) is -2.18. The number of carbonyl (C=O) groups excluding carboxylic acids is 3. The van der Waals surface area contributed by atoms with Crippen LogP contribution in [0.2, 0.25) is 0 Å². The topological polar surface area (TPSA) is 208 Å². The van der Waals surface area contributed by atoms with Crippen LogP contribution in [-0.2, 0) is 30.4 Å². The highest BCUT2D eigenvalue weighted by Gasteiger charge is 2.39. The van der Waals surface area contributed by atoms with E-state index in [-0.39, 0.29) is 19.4 Å². The number of nitrogens with one attached hydrogen (secondary N) is 3. The first-order valence-corrected chi connectivity index (χ1v) is 9.68. The van der Waals surface area contributed by atoms with Crippen LogP contribution in [0.4, 0.5) is 0 Å². The summed E-state index contributed by atoms with van der Waals surface area (Å²) in [5.41, 5.74) is 6.44. The fourth-order valence-electron chi connectivity index (χ4n) is 3.25. The molecule has 0 saturated carbocycles. The van der Waals surface area contributed by atoms with Crippen molar-refractivity contribution >= 4 is 29.7 Å². The largest absolute Gasteiger partial charge is 0.481 e. The highest BCUT2D eigenvalue weighted by Crippen LogP contribution is 2.19. The molecule has 2 rings (SSSR count). The number of amides is 3. The van der Waals surface area contributed by atoms with Gasteiger partial charge in [0.1, 0.15) is 18.1 Å². The molecule has 1 aliphatic heterocycles. The number of nitrogens with two attached hydrogens (primary N) is 1. The van der Waals surface area contributed by atoms with E-state index in [1.54, 1.807) is 0 Å². The van der Waals surface area contributed by atoms with Crippen molar-refractivity contribution in [3.63, 3.8) is 0 Å². The van der Waals surface area contributed by atoms with Gasteiger partial charge in [0, 0.05) is 24.9 Å². The highest BCUT2D eigenvalue weighted by atomic mass is 16.4. The van der Waals surface area contributed by atoms with Gasteiger partial charge in [-0.3, -0.25) is 24.0 Å². The maximum Gasteiger partial charge on any atom is 0.325 e. The Labute approximate surface area is 177 Å². The molecule has 7 N–H and O–H groups in total. The monoisotopic (exact) mass is 438 g/mol. The third-order valence-electron chi connectivity index (χ3n) is 4.89. The van der Waals surface area contributed by atoms with E-state index in [4.69, 9.17) is 10.8 Å². The van der Waals surface area contributed by atoms with Crippen molar-refractivity contribution in [3.8, 4) is 0 Å². The lowest BCUT2D eigenvalue weighted by Gasteiger charge is -2.29. The molecule has 13 heteroatoms. The number of H-pyrrole nitrogens is 1. The quantitative estimate of drug-likeness (QED) is 0.234. The lowest BCUT2D eigenvalue weighted by atomic mass is 10.1. The van der Waals surface area contributed by atoms with Gasteiger partial charge in [-0.05, 0) is 19.8 Å². The first-order chi connectivity index (χ1) is 14.6. The van der Waals surface area contributed by atoms with Crippen molar-refractivity contribution < 1.29 is 34.2 Å². The van der Waals surface area contributed by atoms with Crippen LogP contribution in [0.25, 0.3) is 0 Å². The van der Waals surface area contributed by atoms with Crippen LogP contribution in [0.15, 0.2) is 12.5 Å². The zero-order valence-corrected chi connectivity index (χ0v) is 16.9. The summed E-state index contributed by atoms with van der Waals surface area (Å²) in [5, 5.41) is 22.8. The fraction of sp³-hybridized carbons (Fsp3) is 0.556. The zero-order valence-electron chi connectivity index (χ0n) is 16.9. The number of carbonyl (C=O) groups is 5. The summed E-state index contributed by atoms with van der Waals surface area (Å²) < 4.78 is 0. The number of nitrogens with zero attached hydrogens (tertiary/aromatic N) is 2. The molecule has 0 aliphatic carbocycles. The number of hydrogen-bond donors (Lipinski definition) is 6. The maximum absolute atomic E-state index is 13.0. The van der Waals surface area contributed by atoms with Crippen LogP contribution < -0.4 is 16.4 Å². The van der Waals surface area contributed by atoms with Gasteiger partial charge >= 0.3 is 11.9 Å². The standard InChI is InChI=1S/C18H26N6O7/c1-9(18(30)31)22-16(28)13-3-2-4-24(13)17(29)12(6-14(25)26)23-15(27)11(19)5-10-7-20-8-21-10/h7-9,11-13H,2-6,19H2,1H3,(H,20,21)(H,22,28)(H,23,27)(H,25,26)(H,30,31). The van der Waals surface area contributed by atoms with E-state index >= 15 is 0 Å². The molecule has 0 spiro atoms. The van der Waals surface area contributed by atoms with Crippen LogP contribution in [0, 0.1) is 0 Å². The summed E-state index contributed by atoms with van der Waals surface area (Å²) in [6, 6.07) is -4.59. The molecule has 13 nitrogen and oxygen atoms in total. The van der Waals surface area contributed by atoms with Crippen LogP contribution in [0.3, 0.4) is 0 Å². The molecule has 0 bridgehead atoms. The Hall–Kier alpha value is -3.48. The van der Waals surface area contributed by atoms with E-state index in [1.807, 2.05) is 0 Å². The summed E-state index contributed by atoms with van der Waals surface area (Å²) in [4.78, 5) is 67.8. The second-order valence-corrected chi connectivity index (χ2v) is 7.30. The number of likely N-dealkylation sites (tertiary alicyclic amines) is 1. The van der Waals surface area contributed by atoms with Crippen LogP contribution in [0.1, 0.15) is 31.9 Å². The molecule has 1 aromatic heterocycles. The second kappa shape index (κ2) is 10.5. The molecule has 3 amide bonds. The summed E-state index contributed by atoms with van der Waals surface area (Å²) in [6.07, 6.45) is 3.06. The minimum Gasteiger partial charge on any atom is -0.481 e. The normalized spacial score (nSPS) is 18.6. The summed E-state index contributed by atoms with van der Waals surface area (Å²) in [7, 11) is 0. The van der Waals surface area contributed by atoms with Crippen molar-refractivity contribution in [3.05, 3.63) is 18.2 Å². The molecule has 1 saturated heterocycles. The van der Waals surface area contributed by atoms with Gasteiger partial charge in [0.15, 0.2) is 0 Å². The van der Waals surface area contributed by atoms with E-state index in [1.165, 1.54) is 19.4 Å². The molecule has 4 atom stereocenters. The van der Waals surface area contributed by atoms with Gasteiger partial charge in [-0.2, -0.15) is 0 Å². The summed E-state index contributed by atoms with van der Waals surface area (Å²) in [5.74, 6) is -4.68. The Morgan fingerprint density at radius 1 is 1.29 bits per heavy atom. The van der Waals surface area contributed by atoms with Crippen molar-refractivity contribution in [1.29, 1.82) is 0 Å². The maximum atomic E-state index is 13.0. The number of aromatic amines is 1. The minimum absolute atomic E-state index is 0.0988. The highest BCUT2D eigenvalue weighted by molar-refractivity contribution is 5.96. The van der Waals surface area contributed by atoms with Crippen molar-refractivity contribution in [2.45, 2.75) is 56.8 Å². The molecular weight excluding hydrogens is 412 g/mol. The van der Waals surface area contributed by atoms with Gasteiger partial charge < -0.3 is 36.5 Å². The number of aliphatic carboxylic acids is 2. The average Bonchev–Trinajstić information content (AvgIpc) is 3.38. The number of hydrogen-bond acceptors (Lipinski definition) is 7. The second-order valence-electron chi connectivity index (χ2n) is 7.30. The molecule has 1 aromatic rings. The first kappa shape index (κ1) is 23.8. The lowest BCUT2D eigenvalue weighted by molar-refractivity contribution is -0.147. The Balaban J connectivity index is 2.08. The van der Waals surface area contributed by atoms with E-state index in [9.17, 15) is 29.1 Å². The van der Waals surface area contributed by atoms with Crippen molar-refractivity contribution in [2.24, 2.45) is 5.73 Å². The van der Waals surface area contributed by atoms with Crippen LogP contribution in [-0.4, -0.2) is 85.5 Å². The van der Waals surface area contributed by atoms with E-state index < -0.39 is 60.2 Å². The van der Waals surface area contributed by atoms with Gasteiger partial charge in [0.25, 0.3) is 0 Å². The van der Waals surface area contributed by atoms with Crippen molar-refractivity contribution in [2.75, 3.05) is 6.54 Å². The summed E-state index contributed by atoms with van der Waals surface area (Å²) >= 11 is 0. The minimum atomic E-state index is -1.43. The van der Waals surface area contributed by atoms with Gasteiger partial charge in [0.05, 0.1) is 18.8 Å². The number of rotatable bonds is 10. The van der Waals surface area contributed by atoms with Crippen LogP contribution in [0.5, 0.6) is 0 Å². The zero-order chi connectivity index (χ0) is 23.1. The third kappa shape index (κ3) is 6.50. The fourth-order valence-corrected chi connectivity index (χ4v) is 3.25. The Morgan fingerprint density at radius 3 is 2.58 bits per heavy atom. The molecule has 4 unspecified atom stereocenters. The Morgan fingerprint density at radius 2 is 2.00 bits per heavy atom. The number of carboxylic acids is 2. The van der Waals surface area contributed by atoms with Crippen LogP contribution >= 0.6 is 0 Å². The lowest BCUT2D eigenvalue weighted by Crippen LogP contribution is -2.57. The molecule has 2 heterocycles. The molecule has 31 heavy (non-hydrogen) atoms. The molecular formula is C18H26N6O7. The first-order valence-electron chi connectivity index (χ1n) is 9.68. The molecule has 1 aliphatic rings. The van der Waals surface area contributed by atoms with Gasteiger partial charge in [-0.1, -0.05) is 0 Å². The molecule has 170 valence electrons. The Kier molecular flexibility index (Phi) is 8.07. The average molecular weight is 438 g/mol. The van der Waals surface area contributed by atoms with Gasteiger partial charge in [-0.25, -0.2) is 4.98 Å².